The van der Waals surface area contributed by atoms with Gasteiger partial charge in [0, 0.05) is 25.1 Å². The van der Waals surface area contributed by atoms with Crippen LogP contribution in [0.1, 0.15) is 72.7 Å². The highest BCUT2D eigenvalue weighted by molar-refractivity contribution is 5.91. The molecular weight excluding hydrogens is 501 g/mol. The lowest BCUT2D eigenvalue weighted by molar-refractivity contribution is -0.141. The molecule has 1 fully saturated rings. The Kier molecular flexibility index (Phi) is 7.70. The summed E-state index contributed by atoms with van der Waals surface area (Å²) in [6, 6.07) is 11.7. The standard InChI is InChI=1S/C30H34FN3O5/c1-30(2,3)29(36)34-12-11-19-9-10-22(15-24(19)27(34)20-6-4-7-21(31)14-20)38-18-26-33-25(17-39-26)28(35)32-16-23-8-5-13-37-23/h4,6-7,9-10,14-15,17,23,27H,5,8,11-13,16,18H2,1-3H3,(H,32,35)/t23-,27+/m0/s1. The van der Waals surface area contributed by atoms with Gasteiger partial charge in [-0.2, -0.15) is 0 Å². The molecule has 0 spiro atoms. The maximum atomic E-state index is 14.3. The van der Waals surface area contributed by atoms with Crippen LogP contribution in [0, 0.1) is 11.2 Å². The number of fused-ring (bicyclic) bond motifs is 1. The molecule has 5 rings (SSSR count). The van der Waals surface area contributed by atoms with Crippen molar-refractivity contribution in [2.75, 3.05) is 19.7 Å². The van der Waals surface area contributed by atoms with Crippen LogP contribution in [0.5, 0.6) is 5.75 Å². The number of nitrogens with one attached hydrogen (secondary N) is 1. The lowest BCUT2D eigenvalue weighted by atomic mass is 9.85. The molecule has 39 heavy (non-hydrogen) atoms. The van der Waals surface area contributed by atoms with Gasteiger partial charge in [-0.15, -0.1) is 0 Å². The number of nitrogens with zero attached hydrogens (tertiary/aromatic N) is 2. The summed E-state index contributed by atoms with van der Waals surface area (Å²) in [7, 11) is 0. The maximum absolute atomic E-state index is 14.3. The van der Waals surface area contributed by atoms with Gasteiger partial charge in [-0.1, -0.05) is 39.0 Å². The Labute approximate surface area is 227 Å². The summed E-state index contributed by atoms with van der Waals surface area (Å²) < 4.78 is 31.2. The zero-order valence-corrected chi connectivity index (χ0v) is 22.5. The van der Waals surface area contributed by atoms with Crippen LogP contribution in [0.2, 0.25) is 0 Å². The van der Waals surface area contributed by atoms with E-state index in [1.165, 1.54) is 18.4 Å². The van der Waals surface area contributed by atoms with Crippen molar-refractivity contribution in [3.63, 3.8) is 0 Å². The van der Waals surface area contributed by atoms with Gasteiger partial charge in [-0.05, 0) is 60.2 Å². The molecule has 3 heterocycles. The molecule has 0 aliphatic carbocycles. The number of benzene rings is 2. The highest BCUT2D eigenvalue weighted by Crippen LogP contribution is 2.39. The molecule has 8 nitrogen and oxygen atoms in total. The van der Waals surface area contributed by atoms with E-state index < -0.39 is 11.5 Å². The molecule has 1 aromatic heterocycles. The van der Waals surface area contributed by atoms with Crippen LogP contribution in [-0.2, 0) is 22.6 Å². The summed E-state index contributed by atoms with van der Waals surface area (Å²) in [6.45, 7) is 7.39. The highest BCUT2D eigenvalue weighted by Gasteiger charge is 2.37. The Morgan fingerprint density at radius 2 is 2.05 bits per heavy atom. The van der Waals surface area contributed by atoms with E-state index in [0.717, 1.165) is 30.6 Å². The zero-order chi connectivity index (χ0) is 27.6. The lowest BCUT2D eigenvalue weighted by Gasteiger charge is -2.41. The van der Waals surface area contributed by atoms with Crippen LogP contribution < -0.4 is 10.1 Å². The number of ether oxygens (including phenoxy) is 2. The van der Waals surface area contributed by atoms with Crippen LogP contribution in [0.4, 0.5) is 4.39 Å². The van der Waals surface area contributed by atoms with Gasteiger partial charge in [-0.25, -0.2) is 9.37 Å². The maximum Gasteiger partial charge on any atom is 0.273 e. The van der Waals surface area contributed by atoms with Crippen LogP contribution >= 0.6 is 0 Å². The SMILES string of the molecule is CC(C)(C)C(=O)N1CCc2ccc(OCc3nc(C(=O)NC[C@@H]4CCCO4)co3)cc2[C@H]1c1cccc(F)c1. The van der Waals surface area contributed by atoms with Gasteiger partial charge in [0.05, 0.1) is 12.1 Å². The normalized spacial score (nSPS) is 19.0. The molecule has 0 unspecified atom stereocenters. The third kappa shape index (κ3) is 6.14. The summed E-state index contributed by atoms with van der Waals surface area (Å²) in [5.74, 6) is 0.147. The van der Waals surface area contributed by atoms with Gasteiger partial charge < -0.3 is 24.1 Å². The van der Waals surface area contributed by atoms with E-state index in [4.69, 9.17) is 13.9 Å². The average Bonchev–Trinajstić information content (AvgIpc) is 3.61. The van der Waals surface area contributed by atoms with Gasteiger partial charge >= 0.3 is 0 Å². The molecule has 9 heteroatoms. The van der Waals surface area contributed by atoms with Crippen molar-refractivity contribution in [3.8, 4) is 5.75 Å². The average molecular weight is 536 g/mol. The molecule has 0 radical (unpaired) electrons. The Morgan fingerprint density at radius 3 is 2.79 bits per heavy atom. The number of halogens is 1. The van der Waals surface area contributed by atoms with E-state index in [0.29, 0.717) is 30.8 Å². The fraction of sp³-hybridized carbons (Fsp3) is 0.433. The highest BCUT2D eigenvalue weighted by atomic mass is 19.1. The van der Waals surface area contributed by atoms with E-state index in [9.17, 15) is 14.0 Å². The lowest BCUT2D eigenvalue weighted by Crippen LogP contribution is -2.45. The molecular formula is C30H34FN3O5. The van der Waals surface area contributed by atoms with Crippen LogP contribution in [-0.4, -0.2) is 47.5 Å². The van der Waals surface area contributed by atoms with Crippen molar-refractivity contribution in [2.45, 2.75) is 58.8 Å². The van der Waals surface area contributed by atoms with E-state index >= 15 is 0 Å². The number of rotatable bonds is 7. The van der Waals surface area contributed by atoms with Crippen LogP contribution in [0.15, 0.2) is 53.1 Å². The molecule has 206 valence electrons. The van der Waals surface area contributed by atoms with Gasteiger partial charge in [-0.3, -0.25) is 9.59 Å². The molecule has 2 amide bonds. The minimum absolute atomic E-state index is 0.00109. The Morgan fingerprint density at radius 1 is 1.21 bits per heavy atom. The number of hydrogen-bond donors (Lipinski definition) is 1. The smallest absolute Gasteiger partial charge is 0.273 e. The number of amides is 2. The number of carbonyl (C=O) groups excluding carboxylic acids is 2. The second kappa shape index (κ2) is 11.2. The first kappa shape index (κ1) is 26.9. The Hall–Kier alpha value is -3.72. The predicted molar refractivity (Wildman–Crippen MR) is 142 cm³/mol. The van der Waals surface area contributed by atoms with E-state index in [-0.39, 0.29) is 41.9 Å². The van der Waals surface area contributed by atoms with Gasteiger partial charge in [0.2, 0.25) is 11.8 Å². The van der Waals surface area contributed by atoms with E-state index in [1.54, 1.807) is 6.07 Å². The summed E-state index contributed by atoms with van der Waals surface area (Å²) in [4.78, 5) is 31.9. The molecule has 1 saturated heterocycles. The van der Waals surface area contributed by atoms with Gasteiger partial charge in [0.1, 0.15) is 17.8 Å². The van der Waals surface area contributed by atoms with Gasteiger partial charge in [0.15, 0.2) is 12.3 Å². The molecule has 2 aliphatic rings. The summed E-state index contributed by atoms with van der Waals surface area (Å²) >= 11 is 0. The minimum Gasteiger partial charge on any atom is -0.484 e. The molecule has 2 atom stereocenters. The van der Waals surface area contributed by atoms with Crippen molar-refractivity contribution < 1.29 is 27.9 Å². The first-order valence-corrected chi connectivity index (χ1v) is 13.4. The summed E-state index contributed by atoms with van der Waals surface area (Å²) in [5.41, 5.74) is 2.27. The first-order valence-electron chi connectivity index (χ1n) is 13.4. The molecule has 2 aliphatic heterocycles. The molecule has 3 aromatic rings. The minimum atomic E-state index is -0.587. The van der Waals surface area contributed by atoms with Crippen molar-refractivity contribution in [1.82, 2.24) is 15.2 Å². The zero-order valence-electron chi connectivity index (χ0n) is 22.5. The number of oxazole rings is 1. The second-order valence-corrected chi connectivity index (χ2v) is 11.1. The van der Waals surface area contributed by atoms with E-state index in [1.807, 2.05) is 49.9 Å². The van der Waals surface area contributed by atoms with Crippen molar-refractivity contribution >= 4 is 11.8 Å². The molecule has 0 bridgehead atoms. The third-order valence-electron chi connectivity index (χ3n) is 7.07. The number of carbonyl (C=O) groups is 2. The van der Waals surface area contributed by atoms with Gasteiger partial charge in [0.25, 0.3) is 5.91 Å². The topological polar surface area (TPSA) is 93.9 Å². The second-order valence-electron chi connectivity index (χ2n) is 11.1. The third-order valence-corrected chi connectivity index (χ3v) is 7.07. The predicted octanol–water partition coefficient (Wildman–Crippen LogP) is 4.82. The quantitative estimate of drug-likeness (QED) is 0.466. The molecule has 0 saturated carbocycles. The van der Waals surface area contributed by atoms with Crippen LogP contribution in [0.25, 0.3) is 0 Å². The Bertz CT molecular complexity index is 1340. The van der Waals surface area contributed by atoms with Crippen LogP contribution in [0.3, 0.4) is 0 Å². The summed E-state index contributed by atoms with van der Waals surface area (Å²) in [5, 5.41) is 2.82. The number of hydrogen-bond acceptors (Lipinski definition) is 6. The molecule has 1 N–H and O–H groups in total. The van der Waals surface area contributed by atoms with Crippen molar-refractivity contribution in [1.29, 1.82) is 0 Å². The summed E-state index contributed by atoms with van der Waals surface area (Å²) in [6.07, 6.45) is 3.97. The number of aromatic nitrogens is 1. The fourth-order valence-electron chi connectivity index (χ4n) is 5.10. The van der Waals surface area contributed by atoms with Crippen molar-refractivity contribution in [2.24, 2.45) is 5.41 Å². The van der Waals surface area contributed by atoms with Crippen molar-refractivity contribution in [3.05, 3.63) is 82.8 Å². The first-order chi connectivity index (χ1) is 18.7. The Balaban J connectivity index is 1.32. The van der Waals surface area contributed by atoms with E-state index in [2.05, 4.69) is 10.3 Å². The fourth-order valence-corrected chi connectivity index (χ4v) is 5.10. The molecule has 2 aromatic carbocycles. The monoisotopic (exact) mass is 535 g/mol. The largest absolute Gasteiger partial charge is 0.484 e.